The van der Waals surface area contributed by atoms with Crippen LogP contribution in [0.3, 0.4) is 0 Å². The van der Waals surface area contributed by atoms with E-state index in [1.54, 1.807) is 0 Å². The first kappa shape index (κ1) is 19.7. The first-order chi connectivity index (χ1) is 8.76. The minimum absolute atomic E-state index is 0. The summed E-state index contributed by atoms with van der Waals surface area (Å²) in [6.45, 7) is -5.07. The summed E-state index contributed by atoms with van der Waals surface area (Å²) in [4.78, 5) is 22.7. The topological polar surface area (TPSA) is 52.6 Å². The number of benzene rings is 1. The van der Waals surface area contributed by atoms with Crippen molar-refractivity contribution in [2.75, 3.05) is 14.2 Å². The number of carbonyl (C=O) groups is 2. The van der Waals surface area contributed by atoms with Crippen molar-refractivity contribution in [2.45, 2.75) is 6.32 Å². The van der Waals surface area contributed by atoms with E-state index in [9.17, 15) is 22.5 Å². The Morgan fingerprint density at radius 1 is 1.00 bits per heavy atom. The van der Waals surface area contributed by atoms with E-state index < -0.39 is 25.2 Å². The summed E-state index contributed by atoms with van der Waals surface area (Å²) in [6, 6.07) is 3.23. The summed E-state index contributed by atoms with van der Waals surface area (Å²) in [5.74, 6) is -1.64. The van der Waals surface area contributed by atoms with E-state index in [-0.39, 0.29) is 68.1 Å². The van der Waals surface area contributed by atoms with Crippen LogP contribution in [-0.4, -0.2) is 33.1 Å². The van der Waals surface area contributed by atoms with Crippen LogP contribution in [0, 0.1) is 0 Å². The van der Waals surface area contributed by atoms with Crippen LogP contribution < -0.4 is 51.4 Å². The minimum Gasteiger partial charge on any atom is -0.465 e. The number of hydrogen-bond acceptors (Lipinski definition) is 4. The van der Waals surface area contributed by atoms with Crippen molar-refractivity contribution in [3.05, 3.63) is 34.9 Å². The molecule has 0 N–H and O–H groups in total. The van der Waals surface area contributed by atoms with Crippen molar-refractivity contribution in [2.24, 2.45) is 0 Å². The van der Waals surface area contributed by atoms with Crippen LogP contribution in [0.4, 0.5) is 12.9 Å². The molecule has 20 heavy (non-hydrogen) atoms. The van der Waals surface area contributed by atoms with Gasteiger partial charge in [-0.1, -0.05) is 11.9 Å². The van der Waals surface area contributed by atoms with E-state index in [1.165, 1.54) is 0 Å². The number of methoxy groups -OCH3 is 2. The first-order valence-electron chi connectivity index (χ1n) is 5.28. The fourth-order valence-corrected chi connectivity index (χ4v) is 1.55. The average molecular weight is 314 g/mol. The number of esters is 2. The van der Waals surface area contributed by atoms with E-state index in [1.807, 2.05) is 0 Å². The predicted molar refractivity (Wildman–Crippen MR) is 61.9 cm³/mol. The Morgan fingerprint density at radius 3 is 1.70 bits per heavy atom. The molecule has 0 radical (unpaired) electrons. The van der Waals surface area contributed by atoms with Crippen molar-refractivity contribution in [3.63, 3.8) is 0 Å². The van der Waals surface area contributed by atoms with Crippen LogP contribution in [-0.2, 0) is 15.8 Å². The molecule has 0 aliphatic rings. The molecule has 0 atom stereocenters. The fourth-order valence-electron chi connectivity index (χ4n) is 1.55. The molecule has 0 spiro atoms. The van der Waals surface area contributed by atoms with Gasteiger partial charge in [0.05, 0.1) is 25.3 Å². The van der Waals surface area contributed by atoms with E-state index in [4.69, 9.17) is 0 Å². The van der Waals surface area contributed by atoms with Crippen molar-refractivity contribution >= 4 is 18.9 Å². The second-order valence-corrected chi connectivity index (χ2v) is 3.82. The number of hydrogen-bond donors (Lipinski definition) is 0. The molecule has 9 heteroatoms. The third-order valence-electron chi connectivity index (χ3n) is 2.30. The van der Waals surface area contributed by atoms with Crippen LogP contribution in [0.25, 0.3) is 0 Å². The Morgan fingerprint density at radius 2 is 1.40 bits per heavy atom. The summed E-state index contributed by atoms with van der Waals surface area (Å²) in [6.07, 6.45) is -1.19. The quantitative estimate of drug-likeness (QED) is 0.539. The van der Waals surface area contributed by atoms with Crippen molar-refractivity contribution < 1.29 is 83.4 Å². The Labute approximate surface area is 156 Å². The second-order valence-electron chi connectivity index (χ2n) is 3.82. The molecule has 0 aromatic heterocycles. The molecule has 0 unspecified atom stereocenters. The SMILES string of the molecule is COC(=O)c1cc(C[B-](F)(F)F)cc(C(=O)OC)c1.[K+]. The average Bonchev–Trinajstić information content (AvgIpc) is 2.34. The minimum atomic E-state index is -5.07. The Kier molecular flexibility index (Phi) is 8.04. The summed E-state index contributed by atoms with van der Waals surface area (Å²) in [7, 11) is 2.20. The van der Waals surface area contributed by atoms with Gasteiger partial charge in [0.25, 0.3) is 0 Å². The molecule has 0 fully saturated rings. The maximum atomic E-state index is 12.4. The van der Waals surface area contributed by atoms with Crippen molar-refractivity contribution in [1.82, 2.24) is 0 Å². The van der Waals surface area contributed by atoms with E-state index in [0.29, 0.717) is 0 Å². The number of ether oxygens (including phenoxy) is 2. The van der Waals surface area contributed by atoms with Crippen LogP contribution in [0.1, 0.15) is 26.3 Å². The van der Waals surface area contributed by atoms with Crippen LogP contribution >= 0.6 is 0 Å². The van der Waals surface area contributed by atoms with E-state index >= 15 is 0 Å². The zero-order valence-corrected chi connectivity index (χ0v) is 14.4. The van der Waals surface area contributed by atoms with Gasteiger partial charge in [-0.15, -0.1) is 0 Å². The molecule has 0 aliphatic heterocycles. The standard InChI is InChI=1S/C11H11BF3O4.K/c1-18-10(16)8-3-7(6-12(13,14)15)4-9(5-8)11(17)19-2;/h3-5H,6H2,1-2H3;/q-1;+1. The molecule has 0 amide bonds. The molecular formula is C11H11BF3KO4. The molecule has 0 aliphatic carbocycles. The monoisotopic (exact) mass is 314 g/mol. The Balaban J connectivity index is 0.00000361. The molecule has 0 saturated carbocycles. The van der Waals surface area contributed by atoms with Gasteiger partial charge in [0.1, 0.15) is 0 Å². The number of halogens is 3. The van der Waals surface area contributed by atoms with Crippen LogP contribution in [0.15, 0.2) is 18.2 Å². The molecule has 1 aromatic rings. The zero-order chi connectivity index (χ0) is 14.6. The molecule has 0 heterocycles. The zero-order valence-electron chi connectivity index (χ0n) is 11.3. The molecule has 0 bridgehead atoms. The third kappa shape index (κ3) is 5.96. The normalized spacial score (nSPS) is 10.4. The van der Waals surface area contributed by atoms with Gasteiger partial charge in [0.2, 0.25) is 0 Å². The largest absolute Gasteiger partial charge is 1.00 e. The van der Waals surface area contributed by atoms with Gasteiger partial charge in [-0.3, -0.25) is 0 Å². The maximum absolute atomic E-state index is 12.4. The molecular weight excluding hydrogens is 303 g/mol. The van der Waals surface area contributed by atoms with Gasteiger partial charge in [-0.25, -0.2) is 9.59 Å². The van der Waals surface area contributed by atoms with Crippen LogP contribution in [0.5, 0.6) is 0 Å². The van der Waals surface area contributed by atoms with E-state index in [0.717, 1.165) is 32.4 Å². The summed E-state index contributed by atoms with van der Waals surface area (Å²) in [5, 5.41) is 0. The number of rotatable bonds is 4. The maximum Gasteiger partial charge on any atom is 1.00 e. The van der Waals surface area contributed by atoms with Crippen molar-refractivity contribution in [1.29, 1.82) is 0 Å². The third-order valence-corrected chi connectivity index (χ3v) is 2.30. The molecule has 104 valence electrons. The summed E-state index contributed by atoms with van der Waals surface area (Å²) in [5.41, 5.74) is -0.434. The first-order valence-corrected chi connectivity index (χ1v) is 5.28. The number of carbonyl (C=O) groups excluding carboxylic acids is 2. The van der Waals surface area contributed by atoms with Gasteiger partial charge in [0, 0.05) is 0 Å². The Bertz CT molecular complexity index is 471. The molecule has 4 nitrogen and oxygen atoms in total. The smallest absolute Gasteiger partial charge is 0.465 e. The van der Waals surface area contributed by atoms with Gasteiger partial charge < -0.3 is 22.4 Å². The predicted octanol–water partition coefficient (Wildman–Crippen LogP) is -0.807. The summed E-state index contributed by atoms with van der Waals surface area (Å²) < 4.78 is 46.0. The molecule has 0 saturated heterocycles. The van der Waals surface area contributed by atoms with E-state index in [2.05, 4.69) is 9.47 Å². The van der Waals surface area contributed by atoms with Gasteiger partial charge in [0.15, 0.2) is 0 Å². The van der Waals surface area contributed by atoms with Gasteiger partial charge in [-0.05, 0) is 18.2 Å². The van der Waals surface area contributed by atoms with Gasteiger partial charge >= 0.3 is 70.3 Å². The Hall–Kier alpha value is -0.349. The fraction of sp³-hybridized carbons (Fsp3) is 0.273. The molecule has 1 aromatic carbocycles. The van der Waals surface area contributed by atoms with Crippen LogP contribution in [0.2, 0.25) is 0 Å². The summed E-state index contributed by atoms with van der Waals surface area (Å²) >= 11 is 0. The van der Waals surface area contributed by atoms with Gasteiger partial charge in [-0.2, -0.15) is 0 Å². The van der Waals surface area contributed by atoms with Crippen molar-refractivity contribution in [3.8, 4) is 0 Å². The second kappa shape index (κ2) is 8.18. The molecule has 1 rings (SSSR count).